The second kappa shape index (κ2) is 5.88. The van der Waals surface area contributed by atoms with Crippen LogP contribution in [0.15, 0.2) is 45.8 Å². The van der Waals surface area contributed by atoms with Gasteiger partial charge in [-0.25, -0.2) is 8.42 Å². The summed E-state index contributed by atoms with van der Waals surface area (Å²) in [4.78, 5) is 0.214. The number of hydrogen-bond donors (Lipinski definition) is 1. The maximum atomic E-state index is 12.5. The maximum absolute atomic E-state index is 12.5. The predicted octanol–water partition coefficient (Wildman–Crippen LogP) is 3.74. The molecule has 0 aliphatic heterocycles. The van der Waals surface area contributed by atoms with Crippen molar-refractivity contribution < 1.29 is 8.42 Å². The van der Waals surface area contributed by atoms with Crippen LogP contribution in [0.4, 0.5) is 5.69 Å². The Kier molecular flexibility index (Phi) is 4.35. The summed E-state index contributed by atoms with van der Waals surface area (Å²) in [5.41, 5.74) is 2.04. The molecule has 0 saturated carbocycles. The fourth-order valence-electron chi connectivity index (χ4n) is 1.89. The van der Waals surface area contributed by atoms with Crippen molar-refractivity contribution >= 4 is 31.6 Å². The summed E-state index contributed by atoms with van der Waals surface area (Å²) in [6, 6.07) is 12.0. The lowest BCUT2D eigenvalue weighted by atomic mass is 10.2. The Morgan fingerprint density at radius 2 is 1.86 bits per heavy atom. The zero-order chi connectivity index (χ0) is 15.6. The third-order valence-electron chi connectivity index (χ3n) is 2.98. The number of nitrogens with zero attached hydrogens (tertiary/aromatic N) is 1. The van der Waals surface area contributed by atoms with Gasteiger partial charge in [-0.15, -0.1) is 0 Å². The van der Waals surface area contributed by atoms with Crippen molar-refractivity contribution in [2.24, 2.45) is 0 Å². The van der Waals surface area contributed by atoms with Crippen molar-refractivity contribution in [1.29, 1.82) is 5.26 Å². The minimum atomic E-state index is -3.74. The minimum Gasteiger partial charge on any atom is -0.278 e. The third kappa shape index (κ3) is 3.43. The Bertz CT molecular complexity index is 839. The summed E-state index contributed by atoms with van der Waals surface area (Å²) >= 11 is 3.27. The SMILES string of the molecule is Cc1ccc(C)c(S(=O)(=O)Nc2cc(Br)ccc2C#N)c1. The number of rotatable bonds is 3. The van der Waals surface area contributed by atoms with Crippen LogP contribution in [0.2, 0.25) is 0 Å². The number of aryl methyl sites for hydroxylation is 2. The lowest BCUT2D eigenvalue weighted by Crippen LogP contribution is -2.15. The molecular formula is C15H13BrN2O2S. The number of sulfonamides is 1. The standard InChI is InChI=1S/C15H13BrN2O2S/c1-10-3-4-11(2)15(7-10)21(19,20)18-14-8-13(16)6-5-12(14)9-17/h3-8,18H,1-2H3. The molecule has 6 heteroatoms. The van der Waals surface area contributed by atoms with Gasteiger partial charge in [0.2, 0.25) is 0 Å². The van der Waals surface area contributed by atoms with E-state index < -0.39 is 10.0 Å². The van der Waals surface area contributed by atoms with Crippen LogP contribution in [0, 0.1) is 25.2 Å². The smallest absolute Gasteiger partial charge is 0.262 e. The summed E-state index contributed by atoms with van der Waals surface area (Å²) in [7, 11) is -3.74. The Balaban J connectivity index is 2.50. The van der Waals surface area contributed by atoms with Gasteiger partial charge < -0.3 is 0 Å². The summed E-state index contributed by atoms with van der Waals surface area (Å²) in [6.45, 7) is 3.57. The molecule has 4 nitrogen and oxygen atoms in total. The Morgan fingerprint density at radius 3 is 2.52 bits per heavy atom. The molecule has 0 heterocycles. The number of halogens is 1. The second-order valence-corrected chi connectivity index (χ2v) is 7.24. The lowest BCUT2D eigenvalue weighted by molar-refractivity contribution is 0.600. The van der Waals surface area contributed by atoms with Crippen molar-refractivity contribution in [1.82, 2.24) is 0 Å². The molecule has 2 aromatic carbocycles. The van der Waals surface area contributed by atoms with Crippen molar-refractivity contribution in [3.8, 4) is 6.07 Å². The average molecular weight is 365 g/mol. The third-order valence-corrected chi connectivity index (χ3v) is 4.98. The van der Waals surface area contributed by atoms with Crippen molar-refractivity contribution in [2.45, 2.75) is 18.7 Å². The van der Waals surface area contributed by atoms with Crippen LogP contribution in [0.1, 0.15) is 16.7 Å². The Hall–Kier alpha value is -1.84. The van der Waals surface area contributed by atoms with Crippen LogP contribution < -0.4 is 4.72 Å². The highest BCUT2D eigenvalue weighted by molar-refractivity contribution is 9.10. The molecule has 0 bridgehead atoms. The van der Waals surface area contributed by atoms with Crippen LogP contribution >= 0.6 is 15.9 Å². The van der Waals surface area contributed by atoms with Gasteiger partial charge in [0.25, 0.3) is 10.0 Å². The summed E-state index contributed by atoms with van der Waals surface area (Å²) in [5.74, 6) is 0. The normalized spacial score (nSPS) is 11.0. The van der Waals surface area contributed by atoms with Gasteiger partial charge in [-0.05, 0) is 49.2 Å². The van der Waals surface area contributed by atoms with E-state index in [9.17, 15) is 8.42 Å². The maximum Gasteiger partial charge on any atom is 0.262 e. The second-order valence-electron chi connectivity index (χ2n) is 4.68. The van der Waals surface area contributed by atoms with Crippen LogP contribution in [0.5, 0.6) is 0 Å². The lowest BCUT2D eigenvalue weighted by Gasteiger charge is -2.12. The topological polar surface area (TPSA) is 70.0 Å². The Morgan fingerprint density at radius 1 is 1.14 bits per heavy atom. The highest BCUT2D eigenvalue weighted by atomic mass is 79.9. The molecule has 0 aliphatic rings. The van der Waals surface area contributed by atoms with Gasteiger partial charge in [-0.1, -0.05) is 28.1 Å². The molecule has 108 valence electrons. The van der Waals surface area contributed by atoms with E-state index in [4.69, 9.17) is 5.26 Å². The van der Waals surface area contributed by atoms with Crippen molar-refractivity contribution in [2.75, 3.05) is 4.72 Å². The van der Waals surface area contributed by atoms with Gasteiger partial charge in [0.05, 0.1) is 16.1 Å². The molecule has 0 radical (unpaired) electrons. The minimum absolute atomic E-state index is 0.214. The first kappa shape index (κ1) is 15.5. The van der Waals surface area contributed by atoms with E-state index in [1.54, 1.807) is 37.3 Å². The van der Waals surface area contributed by atoms with E-state index in [1.807, 2.05) is 19.1 Å². The monoisotopic (exact) mass is 364 g/mol. The van der Waals surface area contributed by atoms with Gasteiger partial charge in [-0.3, -0.25) is 4.72 Å². The predicted molar refractivity (Wildman–Crippen MR) is 85.6 cm³/mol. The Labute approximate surface area is 132 Å². The van der Waals surface area contributed by atoms with Gasteiger partial charge in [-0.2, -0.15) is 5.26 Å². The van der Waals surface area contributed by atoms with E-state index in [-0.39, 0.29) is 16.1 Å². The molecule has 2 rings (SSSR count). The fraction of sp³-hybridized carbons (Fsp3) is 0.133. The first-order valence-corrected chi connectivity index (χ1v) is 8.41. The molecule has 0 fully saturated rings. The summed E-state index contributed by atoms with van der Waals surface area (Å²) < 4.78 is 28.2. The summed E-state index contributed by atoms with van der Waals surface area (Å²) in [6.07, 6.45) is 0. The highest BCUT2D eigenvalue weighted by Gasteiger charge is 2.18. The quantitative estimate of drug-likeness (QED) is 0.901. The molecule has 0 unspecified atom stereocenters. The molecular weight excluding hydrogens is 352 g/mol. The van der Waals surface area contributed by atoms with Crippen molar-refractivity contribution in [3.05, 3.63) is 57.6 Å². The largest absolute Gasteiger partial charge is 0.278 e. The zero-order valence-electron chi connectivity index (χ0n) is 11.5. The van der Waals surface area contributed by atoms with Gasteiger partial charge in [0.1, 0.15) is 6.07 Å². The number of benzene rings is 2. The van der Waals surface area contributed by atoms with E-state index in [2.05, 4.69) is 20.7 Å². The molecule has 0 atom stereocenters. The first-order valence-electron chi connectivity index (χ1n) is 6.13. The van der Waals surface area contributed by atoms with E-state index in [0.29, 0.717) is 10.0 Å². The van der Waals surface area contributed by atoms with Crippen LogP contribution in [0.3, 0.4) is 0 Å². The summed E-state index contributed by atoms with van der Waals surface area (Å²) in [5, 5.41) is 9.08. The average Bonchev–Trinajstić information content (AvgIpc) is 2.41. The van der Waals surface area contributed by atoms with Crippen LogP contribution in [-0.2, 0) is 10.0 Å². The number of anilines is 1. The number of hydrogen-bond acceptors (Lipinski definition) is 3. The highest BCUT2D eigenvalue weighted by Crippen LogP contribution is 2.25. The molecule has 0 spiro atoms. The van der Waals surface area contributed by atoms with E-state index in [0.717, 1.165) is 5.56 Å². The van der Waals surface area contributed by atoms with Crippen molar-refractivity contribution in [3.63, 3.8) is 0 Å². The molecule has 0 aromatic heterocycles. The molecule has 21 heavy (non-hydrogen) atoms. The number of nitrogens with one attached hydrogen (secondary N) is 1. The first-order chi connectivity index (χ1) is 9.83. The molecule has 0 aliphatic carbocycles. The molecule has 0 amide bonds. The molecule has 1 N–H and O–H groups in total. The van der Waals surface area contributed by atoms with Gasteiger partial charge in [0.15, 0.2) is 0 Å². The van der Waals surface area contributed by atoms with Crippen LogP contribution in [-0.4, -0.2) is 8.42 Å². The molecule has 0 saturated heterocycles. The number of nitriles is 1. The van der Waals surface area contributed by atoms with Crippen LogP contribution in [0.25, 0.3) is 0 Å². The van der Waals surface area contributed by atoms with Gasteiger partial charge in [0, 0.05) is 4.47 Å². The molecule has 2 aromatic rings. The van der Waals surface area contributed by atoms with E-state index >= 15 is 0 Å². The fourth-order valence-corrected chi connectivity index (χ4v) is 3.66. The zero-order valence-corrected chi connectivity index (χ0v) is 13.9. The van der Waals surface area contributed by atoms with Gasteiger partial charge >= 0.3 is 0 Å². The van der Waals surface area contributed by atoms with E-state index in [1.165, 1.54) is 0 Å².